The Labute approximate surface area is 122 Å². The summed E-state index contributed by atoms with van der Waals surface area (Å²) in [6, 6.07) is 13.8. The third kappa shape index (κ3) is 3.10. The highest BCUT2D eigenvalue weighted by Gasteiger charge is 2.18. The van der Waals surface area contributed by atoms with E-state index in [9.17, 15) is 0 Å². The molecular formula is C16H19BrN2. The van der Waals surface area contributed by atoms with Gasteiger partial charge in [0.25, 0.3) is 0 Å². The Balaban J connectivity index is 1.79. The van der Waals surface area contributed by atoms with E-state index in [0.717, 1.165) is 10.9 Å². The second kappa shape index (κ2) is 5.51. The Morgan fingerprint density at radius 3 is 2.68 bits per heavy atom. The van der Waals surface area contributed by atoms with Gasteiger partial charge in [-0.2, -0.15) is 0 Å². The van der Waals surface area contributed by atoms with Crippen molar-refractivity contribution in [2.45, 2.75) is 37.8 Å². The van der Waals surface area contributed by atoms with Crippen LogP contribution in [0.4, 0.5) is 5.69 Å². The minimum atomic E-state index is 0.364. The van der Waals surface area contributed by atoms with Gasteiger partial charge in [-0.25, -0.2) is 0 Å². The van der Waals surface area contributed by atoms with E-state index in [1.165, 1.54) is 35.7 Å². The van der Waals surface area contributed by atoms with Crippen molar-refractivity contribution in [3.63, 3.8) is 0 Å². The number of nitrogens with one attached hydrogen (secondary N) is 1. The molecule has 0 radical (unpaired) electrons. The minimum Gasteiger partial charge on any atom is -0.382 e. The smallest absolute Gasteiger partial charge is 0.0348 e. The van der Waals surface area contributed by atoms with Crippen molar-refractivity contribution in [3.8, 4) is 0 Å². The molecule has 2 atom stereocenters. The van der Waals surface area contributed by atoms with E-state index in [-0.39, 0.29) is 0 Å². The van der Waals surface area contributed by atoms with Crippen molar-refractivity contribution in [2.24, 2.45) is 5.73 Å². The lowest BCUT2D eigenvalue weighted by Gasteiger charge is -2.28. The molecule has 0 bridgehead atoms. The molecule has 2 unspecified atom stereocenters. The molecule has 0 heterocycles. The predicted octanol–water partition coefficient (Wildman–Crippen LogP) is 4.28. The van der Waals surface area contributed by atoms with E-state index in [1.54, 1.807) is 0 Å². The molecule has 3 N–H and O–H groups in total. The maximum absolute atomic E-state index is 6.04. The number of rotatable bonds is 2. The summed E-state index contributed by atoms with van der Waals surface area (Å²) in [4.78, 5) is 0. The Morgan fingerprint density at radius 2 is 1.84 bits per heavy atom. The number of anilines is 1. The standard InChI is InChI=1S/C16H19BrN2/c17-13-6-4-12-9-16(7-5-11(12)8-13)19-15-3-1-2-14(18)10-15/h4-9,14-15,19H,1-3,10,18H2. The maximum Gasteiger partial charge on any atom is 0.0348 e. The number of benzene rings is 2. The van der Waals surface area contributed by atoms with E-state index in [0.29, 0.717) is 12.1 Å². The normalized spacial score (nSPS) is 23.5. The summed E-state index contributed by atoms with van der Waals surface area (Å²) in [7, 11) is 0. The Bertz CT molecular complexity index is 582. The molecule has 2 aromatic carbocycles. The summed E-state index contributed by atoms with van der Waals surface area (Å²) >= 11 is 3.51. The van der Waals surface area contributed by atoms with Gasteiger partial charge in [-0.1, -0.05) is 28.1 Å². The quantitative estimate of drug-likeness (QED) is 0.867. The van der Waals surface area contributed by atoms with Crippen LogP contribution in [-0.4, -0.2) is 12.1 Å². The molecule has 1 fully saturated rings. The van der Waals surface area contributed by atoms with Gasteiger partial charge in [0.15, 0.2) is 0 Å². The van der Waals surface area contributed by atoms with Gasteiger partial charge in [0.05, 0.1) is 0 Å². The van der Waals surface area contributed by atoms with Crippen LogP contribution in [0.25, 0.3) is 10.8 Å². The number of hydrogen-bond donors (Lipinski definition) is 2. The number of hydrogen-bond acceptors (Lipinski definition) is 2. The fraction of sp³-hybridized carbons (Fsp3) is 0.375. The van der Waals surface area contributed by atoms with Gasteiger partial charge in [-0.05, 0) is 60.7 Å². The lowest BCUT2D eigenvalue weighted by atomic mass is 9.91. The van der Waals surface area contributed by atoms with Crippen molar-refractivity contribution in [1.82, 2.24) is 0 Å². The first-order chi connectivity index (χ1) is 9.20. The number of nitrogens with two attached hydrogens (primary N) is 1. The first-order valence-corrected chi connectivity index (χ1v) is 7.71. The van der Waals surface area contributed by atoms with E-state index in [2.05, 4.69) is 57.6 Å². The summed E-state index contributed by atoms with van der Waals surface area (Å²) in [5.74, 6) is 0. The SMILES string of the molecule is NC1CCCC(Nc2ccc3cc(Br)ccc3c2)C1. The summed E-state index contributed by atoms with van der Waals surface area (Å²) in [5, 5.41) is 6.16. The highest BCUT2D eigenvalue weighted by atomic mass is 79.9. The largest absolute Gasteiger partial charge is 0.382 e. The highest BCUT2D eigenvalue weighted by molar-refractivity contribution is 9.10. The lowest BCUT2D eigenvalue weighted by Crippen LogP contribution is -2.34. The first kappa shape index (κ1) is 12.9. The molecule has 0 saturated heterocycles. The van der Waals surface area contributed by atoms with E-state index < -0.39 is 0 Å². The van der Waals surface area contributed by atoms with Crippen LogP contribution in [0.5, 0.6) is 0 Å². The highest BCUT2D eigenvalue weighted by Crippen LogP contribution is 2.25. The fourth-order valence-corrected chi connectivity index (χ4v) is 3.28. The van der Waals surface area contributed by atoms with E-state index in [4.69, 9.17) is 5.73 Å². The molecule has 19 heavy (non-hydrogen) atoms. The molecule has 0 amide bonds. The maximum atomic E-state index is 6.04. The molecule has 1 saturated carbocycles. The molecule has 100 valence electrons. The third-order valence-electron chi connectivity index (χ3n) is 3.89. The molecule has 0 aliphatic heterocycles. The van der Waals surface area contributed by atoms with Crippen LogP contribution in [0.3, 0.4) is 0 Å². The molecule has 0 spiro atoms. The summed E-state index contributed by atoms with van der Waals surface area (Å²) < 4.78 is 1.12. The van der Waals surface area contributed by atoms with Gasteiger partial charge in [-0.3, -0.25) is 0 Å². The zero-order valence-electron chi connectivity index (χ0n) is 10.9. The van der Waals surface area contributed by atoms with Crippen LogP contribution in [0, 0.1) is 0 Å². The van der Waals surface area contributed by atoms with Crippen molar-refractivity contribution in [2.75, 3.05) is 5.32 Å². The van der Waals surface area contributed by atoms with Crippen molar-refractivity contribution < 1.29 is 0 Å². The molecule has 2 nitrogen and oxygen atoms in total. The van der Waals surface area contributed by atoms with Crippen LogP contribution >= 0.6 is 15.9 Å². The Kier molecular flexibility index (Phi) is 3.76. The fourth-order valence-electron chi connectivity index (χ4n) is 2.90. The van der Waals surface area contributed by atoms with Crippen molar-refractivity contribution in [3.05, 3.63) is 40.9 Å². The second-order valence-electron chi connectivity index (χ2n) is 5.47. The van der Waals surface area contributed by atoms with E-state index >= 15 is 0 Å². The molecule has 2 aromatic rings. The lowest BCUT2D eigenvalue weighted by molar-refractivity contribution is 0.409. The molecule has 1 aliphatic carbocycles. The van der Waals surface area contributed by atoms with Crippen molar-refractivity contribution in [1.29, 1.82) is 0 Å². The molecule has 3 rings (SSSR count). The predicted molar refractivity (Wildman–Crippen MR) is 85.5 cm³/mol. The monoisotopic (exact) mass is 318 g/mol. The average Bonchev–Trinajstić information content (AvgIpc) is 2.39. The van der Waals surface area contributed by atoms with Crippen LogP contribution in [0.1, 0.15) is 25.7 Å². The van der Waals surface area contributed by atoms with Gasteiger partial charge in [0.2, 0.25) is 0 Å². The summed E-state index contributed by atoms with van der Waals surface area (Å²) in [6.45, 7) is 0. The van der Waals surface area contributed by atoms with Gasteiger partial charge in [0.1, 0.15) is 0 Å². The van der Waals surface area contributed by atoms with Crippen LogP contribution in [0.2, 0.25) is 0 Å². The third-order valence-corrected chi connectivity index (χ3v) is 4.38. The molecule has 0 aromatic heterocycles. The van der Waals surface area contributed by atoms with Crippen LogP contribution in [-0.2, 0) is 0 Å². The Morgan fingerprint density at radius 1 is 1.05 bits per heavy atom. The topological polar surface area (TPSA) is 38.0 Å². The van der Waals surface area contributed by atoms with Gasteiger partial charge >= 0.3 is 0 Å². The second-order valence-corrected chi connectivity index (χ2v) is 6.39. The number of halogens is 1. The first-order valence-electron chi connectivity index (χ1n) is 6.92. The average molecular weight is 319 g/mol. The molecular weight excluding hydrogens is 300 g/mol. The summed E-state index contributed by atoms with van der Waals surface area (Å²) in [5.41, 5.74) is 7.24. The number of fused-ring (bicyclic) bond motifs is 1. The van der Waals surface area contributed by atoms with Gasteiger partial charge in [0, 0.05) is 22.2 Å². The van der Waals surface area contributed by atoms with E-state index in [1.807, 2.05) is 0 Å². The molecule has 1 aliphatic rings. The van der Waals surface area contributed by atoms with Gasteiger partial charge in [-0.15, -0.1) is 0 Å². The van der Waals surface area contributed by atoms with Crippen molar-refractivity contribution >= 4 is 32.4 Å². The van der Waals surface area contributed by atoms with Crippen LogP contribution < -0.4 is 11.1 Å². The molecule has 3 heteroatoms. The minimum absolute atomic E-state index is 0.364. The van der Waals surface area contributed by atoms with Gasteiger partial charge < -0.3 is 11.1 Å². The Hall–Kier alpha value is -1.06. The zero-order chi connectivity index (χ0) is 13.2. The summed E-state index contributed by atoms with van der Waals surface area (Å²) in [6.07, 6.45) is 4.72. The van der Waals surface area contributed by atoms with Crippen LogP contribution in [0.15, 0.2) is 40.9 Å². The zero-order valence-corrected chi connectivity index (χ0v) is 12.5.